The van der Waals surface area contributed by atoms with Crippen LogP contribution >= 0.6 is 11.6 Å². The number of hydrogen-bond acceptors (Lipinski definition) is 2. The van der Waals surface area contributed by atoms with E-state index >= 15 is 0 Å². The van der Waals surface area contributed by atoms with Crippen molar-refractivity contribution in [2.24, 2.45) is 0 Å². The highest BCUT2D eigenvalue weighted by atomic mass is 35.5. The van der Waals surface area contributed by atoms with Crippen molar-refractivity contribution in [1.29, 1.82) is 0 Å². The summed E-state index contributed by atoms with van der Waals surface area (Å²) in [7, 11) is 0. The molecule has 2 rings (SSSR count). The summed E-state index contributed by atoms with van der Waals surface area (Å²) in [4.78, 5) is 10.9. The molecule has 1 heterocycles. The van der Waals surface area contributed by atoms with Crippen molar-refractivity contribution in [3.8, 4) is 11.3 Å². The average Bonchev–Trinajstić information content (AvgIpc) is 2.66. The number of hydrogen-bond donors (Lipinski definition) is 0. The molecule has 0 saturated heterocycles. The molecule has 0 fully saturated rings. The van der Waals surface area contributed by atoms with Crippen molar-refractivity contribution in [2.45, 2.75) is 13.8 Å². The zero-order valence-corrected chi connectivity index (χ0v) is 9.84. The number of carbonyl (C=O) groups is 1. The number of benzene rings is 1. The summed E-state index contributed by atoms with van der Waals surface area (Å²) in [5, 5.41) is -0.573. The maximum absolute atomic E-state index is 10.9. The summed E-state index contributed by atoms with van der Waals surface area (Å²) >= 11 is 5.34. The van der Waals surface area contributed by atoms with Gasteiger partial charge in [0.2, 0.25) is 0 Å². The lowest BCUT2D eigenvalue weighted by molar-refractivity contribution is 0.105. The molecule has 1 aromatic carbocycles. The molecule has 0 aliphatic rings. The van der Waals surface area contributed by atoms with Crippen LogP contribution in [-0.4, -0.2) is 5.24 Å². The second-order valence-electron chi connectivity index (χ2n) is 3.76. The quantitative estimate of drug-likeness (QED) is 0.737. The molecule has 1 aromatic heterocycles. The Bertz CT molecular complexity index is 541. The van der Waals surface area contributed by atoms with Gasteiger partial charge in [0.25, 0.3) is 5.24 Å². The summed E-state index contributed by atoms with van der Waals surface area (Å²) in [5.41, 5.74) is 3.29. The fourth-order valence-corrected chi connectivity index (χ4v) is 1.78. The van der Waals surface area contributed by atoms with E-state index in [0.29, 0.717) is 5.76 Å². The lowest BCUT2D eigenvalue weighted by Gasteiger charge is -2.03. The fraction of sp³-hybridized carbons (Fsp3) is 0.154. The summed E-state index contributed by atoms with van der Waals surface area (Å²) in [6.45, 7) is 4.04. The SMILES string of the molecule is Cc1ccc(-c2ccc(C(=O)Cl)o2)c(C)c1. The number of furan rings is 1. The predicted molar refractivity (Wildman–Crippen MR) is 63.8 cm³/mol. The Morgan fingerprint density at radius 2 is 1.94 bits per heavy atom. The van der Waals surface area contributed by atoms with E-state index < -0.39 is 5.24 Å². The maximum Gasteiger partial charge on any atom is 0.287 e. The minimum Gasteiger partial charge on any atom is -0.452 e. The van der Waals surface area contributed by atoms with Crippen molar-refractivity contribution in [2.75, 3.05) is 0 Å². The molecule has 2 nitrogen and oxygen atoms in total. The minimum atomic E-state index is -0.573. The number of halogens is 1. The first kappa shape index (κ1) is 11.0. The van der Waals surface area contributed by atoms with Crippen LogP contribution in [0, 0.1) is 13.8 Å². The standard InChI is InChI=1S/C13H11ClO2/c1-8-3-4-10(9(2)7-8)11-5-6-12(16-11)13(14)15/h3-7H,1-2H3. The van der Waals surface area contributed by atoms with Gasteiger partial charge in [0, 0.05) is 5.56 Å². The van der Waals surface area contributed by atoms with Gasteiger partial charge in [-0.25, -0.2) is 0 Å². The minimum absolute atomic E-state index is 0.177. The molecule has 3 heteroatoms. The topological polar surface area (TPSA) is 30.2 Å². The Morgan fingerprint density at radius 3 is 2.50 bits per heavy atom. The molecule has 0 aliphatic carbocycles. The maximum atomic E-state index is 10.9. The summed E-state index contributed by atoms with van der Waals surface area (Å²) in [5.74, 6) is 0.846. The normalized spacial score (nSPS) is 10.4. The molecule has 0 N–H and O–H groups in total. The third-order valence-electron chi connectivity index (χ3n) is 2.45. The second-order valence-corrected chi connectivity index (χ2v) is 4.10. The molecule has 0 aliphatic heterocycles. The van der Waals surface area contributed by atoms with E-state index in [0.717, 1.165) is 11.1 Å². The number of carbonyl (C=O) groups excluding carboxylic acids is 1. The molecule has 0 saturated carbocycles. The van der Waals surface area contributed by atoms with Crippen LogP contribution in [0.15, 0.2) is 34.7 Å². The molecule has 2 aromatic rings. The van der Waals surface area contributed by atoms with Gasteiger partial charge in [-0.05, 0) is 43.1 Å². The van der Waals surface area contributed by atoms with Gasteiger partial charge in [0.1, 0.15) is 5.76 Å². The highest BCUT2D eigenvalue weighted by molar-refractivity contribution is 6.67. The van der Waals surface area contributed by atoms with Crippen LogP contribution in [0.5, 0.6) is 0 Å². The van der Waals surface area contributed by atoms with E-state index in [1.54, 1.807) is 12.1 Å². The third-order valence-corrected chi connectivity index (χ3v) is 2.63. The Morgan fingerprint density at radius 1 is 1.19 bits per heavy atom. The lowest BCUT2D eigenvalue weighted by Crippen LogP contribution is -1.84. The average molecular weight is 235 g/mol. The van der Waals surface area contributed by atoms with Crippen molar-refractivity contribution in [1.82, 2.24) is 0 Å². The van der Waals surface area contributed by atoms with Gasteiger partial charge in [0.15, 0.2) is 5.76 Å². The number of rotatable bonds is 2. The third kappa shape index (κ3) is 2.02. The van der Waals surface area contributed by atoms with Crippen molar-refractivity contribution >= 4 is 16.8 Å². The lowest BCUT2D eigenvalue weighted by atomic mass is 10.0. The fourth-order valence-electron chi connectivity index (χ4n) is 1.68. The zero-order chi connectivity index (χ0) is 11.7. The molecule has 0 bridgehead atoms. The Kier molecular flexibility index (Phi) is 2.84. The highest BCUT2D eigenvalue weighted by Crippen LogP contribution is 2.26. The van der Waals surface area contributed by atoms with Gasteiger partial charge >= 0.3 is 0 Å². The smallest absolute Gasteiger partial charge is 0.287 e. The van der Waals surface area contributed by atoms with Crippen molar-refractivity contribution in [3.63, 3.8) is 0 Å². The van der Waals surface area contributed by atoms with Gasteiger partial charge in [-0.3, -0.25) is 4.79 Å². The first-order valence-corrected chi connectivity index (χ1v) is 5.33. The largest absolute Gasteiger partial charge is 0.452 e. The summed E-state index contributed by atoms with van der Waals surface area (Å²) in [6, 6.07) is 9.40. The summed E-state index contributed by atoms with van der Waals surface area (Å²) < 4.78 is 5.37. The molecular weight excluding hydrogens is 224 g/mol. The van der Waals surface area contributed by atoms with Gasteiger partial charge in [-0.2, -0.15) is 0 Å². The first-order valence-electron chi connectivity index (χ1n) is 4.95. The Hall–Kier alpha value is -1.54. The predicted octanol–water partition coefficient (Wildman–Crippen LogP) is 3.94. The first-order chi connectivity index (χ1) is 7.58. The van der Waals surface area contributed by atoms with E-state index in [-0.39, 0.29) is 5.76 Å². The van der Waals surface area contributed by atoms with Gasteiger partial charge < -0.3 is 4.42 Å². The van der Waals surface area contributed by atoms with Crippen LogP contribution < -0.4 is 0 Å². The van der Waals surface area contributed by atoms with Crippen LogP contribution in [0.2, 0.25) is 0 Å². The molecule has 82 valence electrons. The second kappa shape index (κ2) is 4.14. The van der Waals surface area contributed by atoms with Crippen molar-refractivity contribution < 1.29 is 9.21 Å². The number of aryl methyl sites for hydroxylation is 2. The molecule has 16 heavy (non-hydrogen) atoms. The van der Waals surface area contributed by atoms with Crippen molar-refractivity contribution in [3.05, 3.63) is 47.2 Å². The van der Waals surface area contributed by atoms with E-state index in [1.165, 1.54) is 5.56 Å². The van der Waals surface area contributed by atoms with Gasteiger partial charge in [-0.15, -0.1) is 0 Å². The van der Waals surface area contributed by atoms with Gasteiger partial charge in [0.05, 0.1) is 0 Å². The van der Waals surface area contributed by atoms with Crippen LogP contribution in [0.3, 0.4) is 0 Å². The van der Waals surface area contributed by atoms with E-state index in [9.17, 15) is 4.79 Å². The Balaban J connectivity index is 2.46. The monoisotopic (exact) mass is 234 g/mol. The van der Waals surface area contributed by atoms with Crippen LogP contribution in [0.25, 0.3) is 11.3 Å². The van der Waals surface area contributed by atoms with E-state index in [2.05, 4.69) is 6.07 Å². The molecular formula is C13H11ClO2. The van der Waals surface area contributed by atoms with Gasteiger partial charge in [-0.1, -0.05) is 23.8 Å². The zero-order valence-electron chi connectivity index (χ0n) is 9.08. The Labute approximate surface area is 98.8 Å². The van der Waals surface area contributed by atoms with E-state index in [4.69, 9.17) is 16.0 Å². The van der Waals surface area contributed by atoms with Crippen LogP contribution in [0.1, 0.15) is 21.7 Å². The van der Waals surface area contributed by atoms with E-state index in [1.807, 2.05) is 26.0 Å². The molecule has 0 amide bonds. The molecule has 0 spiro atoms. The highest BCUT2D eigenvalue weighted by Gasteiger charge is 2.10. The van der Waals surface area contributed by atoms with Crippen LogP contribution in [0.4, 0.5) is 0 Å². The molecule has 0 unspecified atom stereocenters. The van der Waals surface area contributed by atoms with Crippen LogP contribution in [-0.2, 0) is 0 Å². The molecule has 0 radical (unpaired) electrons. The summed E-state index contributed by atoms with van der Waals surface area (Å²) in [6.07, 6.45) is 0. The molecule has 0 atom stereocenters.